The molecule has 0 radical (unpaired) electrons. The molecule has 2 atom stereocenters. The third-order valence-electron chi connectivity index (χ3n) is 4.20. The summed E-state index contributed by atoms with van der Waals surface area (Å²) in [6.45, 7) is -0.561. The van der Waals surface area contributed by atoms with Crippen LogP contribution in [0.1, 0.15) is 12.2 Å². The van der Waals surface area contributed by atoms with E-state index in [0.29, 0.717) is 30.2 Å². The lowest BCUT2D eigenvalue weighted by Crippen LogP contribution is -2.37. The lowest BCUT2D eigenvalue weighted by atomic mass is 10.2. The summed E-state index contributed by atoms with van der Waals surface area (Å²) in [4.78, 5) is 2.31. The lowest BCUT2D eigenvalue weighted by molar-refractivity contribution is -0.0498. The van der Waals surface area contributed by atoms with Crippen molar-refractivity contribution in [1.29, 1.82) is 0 Å². The Morgan fingerprint density at radius 2 is 2.13 bits per heavy atom. The maximum absolute atomic E-state index is 12.2. The van der Waals surface area contributed by atoms with Crippen LogP contribution in [0.4, 0.5) is 8.78 Å². The molecule has 2 saturated heterocycles. The first-order valence-electron chi connectivity index (χ1n) is 7.37. The van der Waals surface area contributed by atoms with E-state index in [9.17, 15) is 8.78 Å². The summed E-state index contributed by atoms with van der Waals surface area (Å²) in [5.41, 5.74) is 0.701. The van der Waals surface area contributed by atoms with Gasteiger partial charge in [-0.2, -0.15) is 13.5 Å². The number of morpholine rings is 1. The van der Waals surface area contributed by atoms with Gasteiger partial charge in [-0.25, -0.2) is 0 Å². The van der Waals surface area contributed by atoms with Gasteiger partial charge in [0.15, 0.2) is 5.82 Å². The van der Waals surface area contributed by atoms with Gasteiger partial charge in [-0.1, -0.05) is 0 Å². The molecule has 0 amide bonds. The van der Waals surface area contributed by atoms with Crippen LogP contribution in [0.2, 0.25) is 0 Å². The Balaban J connectivity index is 1.50. The lowest BCUT2D eigenvalue weighted by Gasteiger charge is -2.25. The van der Waals surface area contributed by atoms with E-state index >= 15 is 0 Å². The predicted octanol–water partition coefficient (Wildman–Crippen LogP) is 1.24. The van der Waals surface area contributed by atoms with Crippen LogP contribution >= 0.6 is 0 Å². The van der Waals surface area contributed by atoms with E-state index in [1.165, 1.54) is 12.1 Å². The first kappa shape index (κ1) is 14.5. The van der Waals surface area contributed by atoms with Crippen molar-refractivity contribution in [2.45, 2.75) is 31.7 Å². The molecule has 2 aliphatic rings. The van der Waals surface area contributed by atoms with Crippen molar-refractivity contribution in [2.75, 3.05) is 13.2 Å². The summed E-state index contributed by atoms with van der Waals surface area (Å²) in [5.74, 6) is 0.812. The highest BCUT2D eigenvalue weighted by atomic mass is 19.3. The molecule has 2 fully saturated rings. The number of fused-ring (bicyclic) bond motifs is 2. The smallest absolute Gasteiger partial charge is 0.387 e. The Kier molecular flexibility index (Phi) is 3.66. The largest absolute Gasteiger partial charge is 0.435 e. The summed E-state index contributed by atoms with van der Waals surface area (Å²) in [6.07, 6.45) is 1.37. The summed E-state index contributed by atoms with van der Waals surface area (Å²) in [5, 5.41) is 11.8. The number of rotatable bonds is 5. The molecular formula is C14H15F2N5O2. The van der Waals surface area contributed by atoms with Crippen molar-refractivity contribution in [2.24, 2.45) is 0 Å². The number of likely N-dealkylation sites (tertiary alicyclic amines) is 1. The topological polar surface area (TPSA) is 65.3 Å². The fraction of sp³-hybridized carbons (Fsp3) is 0.500. The number of halogens is 2. The van der Waals surface area contributed by atoms with Crippen LogP contribution in [0.25, 0.3) is 5.69 Å². The summed E-state index contributed by atoms with van der Waals surface area (Å²) in [6, 6.07) is 6.66. The van der Waals surface area contributed by atoms with E-state index in [4.69, 9.17) is 4.74 Å². The molecule has 2 aromatic rings. The molecule has 1 aromatic carbocycles. The number of hydrogen-bond acceptors (Lipinski definition) is 6. The number of tetrazole rings is 1. The minimum Gasteiger partial charge on any atom is -0.435 e. The average Bonchev–Trinajstić information content (AvgIpc) is 3.24. The van der Waals surface area contributed by atoms with Crippen molar-refractivity contribution in [3.63, 3.8) is 0 Å². The van der Waals surface area contributed by atoms with Gasteiger partial charge >= 0.3 is 6.61 Å². The Morgan fingerprint density at radius 1 is 1.30 bits per heavy atom. The van der Waals surface area contributed by atoms with Gasteiger partial charge < -0.3 is 9.47 Å². The molecule has 1 aromatic heterocycles. The molecule has 7 nitrogen and oxygen atoms in total. The number of benzene rings is 1. The molecule has 0 saturated carbocycles. The van der Waals surface area contributed by atoms with Crippen LogP contribution in [-0.2, 0) is 11.3 Å². The second kappa shape index (κ2) is 5.82. The number of nitrogens with zero attached hydrogens (tertiary/aromatic N) is 5. The third kappa shape index (κ3) is 2.89. The molecule has 0 N–H and O–H groups in total. The maximum Gasteiger partial charge on any atom is 0.387 e. The maximum atomic E-state index is 12.2. The zero-order valence-electron chi connectivity index (χ0n) is 12.2. The van der Waals surface area contributed by atoms with Gasteiger partial charge in [0, 0.05) is 12.6 Å². The zero-order valence-corrected chi connectivity index (χ0v) is 12.2. The molecule has 1 unspecified atom stereocenters. The molecule has 23 heavy (non-hydrogen) atoms. The van der Waals surface area contributed by atoms with E-state index in [2.05, 4.69) is 25.2 Å². The van der Waals surface area contributed by atoms with Crippen LogP contribution in [-0.4, -0.2) is 57.0 Å². The van der Waals surface area contributed by atoms with Crippen molar-refractivity contribution >= 4 is 0 Å². The summed E-state index contributed by atoms with van der Waals surface area (Å²) in [7, 11) is 0. The van der Waals surface area contributed by atoms with E-state index in [0.717, 1.165) is 19.6 Å². The molecular weight excluding hydrogens is 308 g/mol. The molecule has 4 rings (SSSR count). The Labute approximate surface area is 130 Å². The van der Waals surface area contributed by atoms with Gasteiger partial charge in [-0.15, -0.1) is 5.10 Å². The van der Waals surface area contributed by atoms with Crippen LogP contribution in [0.5, 0.6) is 5.75 Å². The van der Waals surface area contributed by atoms with Gasteiger partial charge in [0.25, 0.3) is 0 Å². The molecule has 9 heteroatoms. The summed E-state index contributed by atoms with van der Waals surface area (Å²) >= 11 is 0. The van der Waals surface area contributed by atoms with Crippen LogP contribution in [0.15, 0.2) is 24.3 Å². The zero-order chi connectivity index (χ0) is 15.8. The molecule has 0 spiro atoms. The SMILES string of the molecule is FC(F)Oc1ccc(-n2nnnc2CN2C[C@@H]3CC2CO3)cc1. The molecule has 2 aliphatic heterocycles. The van der Waals surface area contributed by atoms with Crippen molar-refractivity contribution in [3.05, 3.63) is 30.1 Å². The van der Waals surface area contributed by atoms with E-state index in [-0.39, 0.29) is 5.75 Å². The number of aromatic nitrogens is 4. The standard InChI is InChI=1S/C14H15F2N5O2/c15-14(16)23-11-3-1-9(2-4-11)21-13(17-18-19-21)7-20-6-12-5-10(20)8-22-12/h1-4,10,12,14H,5-8H2/t10?,12-/m0/s1. The van der Waals surface area contributed by atoms with Crippen molar-refractivity contribution in [1.82, 2.24) is 25.1 Å². The highest BCUT2D eigenvalue weighted by molar-refractivity contribution is 5.37. The number of hydrogen-bond donors (Lipinski definition) is 0. The predicted molar refractivity (Wildman–Crippen MR) is 74.3 cm³/mol. The number of alkyl halides is 2. The first-order chi connectivity index (χ1) is 11.2. The van der Waals surface area contributed by atoms with E-state index < -0.39 is 6.61 Å². The average molecular weight is 323 g/mol. The van der Waals surface area contributed by atoms with E-state index in [1.807, 2.05) is 0 Å². The fourth-order valence-corrected chi connectivity index (χ4v) is 3.13. The molecule has 2 bridgehead atoms. The minimum atomic E-state index is -2.84. The molecule has 3 heterocycles. The highest BCUT2D eigenvalue weighted by Gasteiger charge is 2.39. The van der Waals surface area contributed by atoms with Crippen LogP contribution in [0.3, 0.4) is 0 Å². The Hall–Kier alpha value is -2.13. The molecule has 122 valence electrons. The van der Waals surface area contributed by atoms with Gasteiger partial charge in [0.05, 0.1) is 24.9 Å². The Morgan fingerprint density at radius 3 is 2.78 bits per heavy atom. The van der Waals surface area contributed by atoms with Gasteiger partial charge in [0.2, 0.25) is 0 Å². The third-order valence-corrected chi connectivity index (χ3v) is 4.20. The van der Waals surface area contributed by atoms with Crippen LogP contribution in [0, 0.1) is 0 Å². The first-order valence-corrected chi connectivity index (χ1v) is 7.37. The summed E-state index contributed by atoms with van der Waals surface area (Å²) < 4.78 is 35.9. The molecule has 0 aliphatic carbocycles. The normalized spacial score (nSPS) is 23.8. The van der Waals surface area contributed by atoms with Gasteiger partial charge in [0.1, 0.15) is 5.75 Å². The number of ether oxygens (including phenoxy) is 2. The Bertz CT molecular complexity index is 678. The van der Waals surface area contributed by atoms with Crippen molar-refractivity contribution < 1.29 is 18.3 Å². The van der Waals surface area contributed by atoms with Gasteiger partial charge in [-0.3, -0.25) is 4.90 Å². The second-order valence-corrected chi connectivity index (χ2v) is 5.65. The minimum absolute atomic E-state index is 0.104. The van der Waals surface area contributed by atoms with E-state index in [1.54, 1.807) is 16.8 Å². The fourth-order valence-electron chi connectivity index (χ4n) is 3.13. The van der Waals surface area contributed by atoms with Gasteiger partial charge in [-0.05, 0) is 41.1 Å². The monoisotopic (exact) mass is 323 g/mol. The second-order valence-electron chi connectivity index (χ2n) is 5.65. The van der Waals surface area contributed by atoms with Crippen molar-refractivity contribution in [3.8, 4) is 11.4 Å². The quantitative estimate of drug-likeness (QED) is 0.825. The van der Waals surface area contributed by atoms with Crippen LogP contribution < -0.4 is 4.74 Å². The highest BCUT2D eigenvalue weighted by Crippen LogP contribution is 2.29.